The monoisotopic (exact) mass is 269 g/mol. The Hall–Kier alpha value is -2.18. The number of benzene rings is 1. The number of carbonyl (C=O) groups is 1. The van der Waals surface area contributed by atoms with Gasteiger partial charge in [0.2, 0.25) is 0 Å². The molecule has 0 saturated carbocycles. The Morgan fingerprint density at radius 1 is 1.26 bits per heavy atom. The summed E-state index contributed by atoms with van der Waals surface area (Å²) >= 11 is 0. The molecule has 100 valence electrons. The van der Waals surface area contributed by atoms with Gasteiger partial charge in [0.1, 0.15) is 0 Å². The molecule has 0 aliphatic carbocycles. The average Bonchev–Trinajstić information content (AvgIpc) is 2.80. The van der Waals surface area contributed by atoms with Gasteiger partial charge in [0, 0.05) is 12.1 Å². The van der Waals surface area contributed by atoms with Gasteiger partial charge in [-0.3, -0.25) is 4.79 Å². The van der Waals surface area contributed by atoms with Crippen LogP contribution in [0.25, 0.3) is 11.3 Å². The summed E-state index contributed by atoms with van der Waals surface area (Å²) in [7, 11) is 0. The molecule has 19 heavy (non-hydrogen) atoms. The number of nitrogens with zero attached hydrogens (tertiary/aromatic N) is 3. The summed E-state index contributed by atoms with van der Waals surface area (Å²) in [5, 5.41) is 7.44. The SMILES string of the molecule is CCn1nnc(C=O)c1-c1ccc(C(F)(F)F)cc1. The Bertz CT molecular complexity index is 587. The van der Waals surface area contributed by atoms with Crippen LogP contribution < -0.4 is 0 Å². The quantitative estimate of drug-likeness (QED) is 0.805. The van der Waals surface area contributed by atoms with Crippen LogP contribution in [0.15, 0.2) is 24.3 Å². The second-order valence-electron chi connectivity index (χ2n) is 3.83. The van der Waals surface area contributed by atoms with Gasteiger partial charge in [0.15, 0.2) is 12.0 Å². The number of aryl methyl sites for hydroxylation is 1. The third kappa shape index (κ3) is 2.49. The smallest absolute Gasteiger partial charge is 0.296 e. The summed E-state index contributed by atoms with van der Waals surface area (Å²) in [5.74, 6) is 0. The lowest BCUT2D eigenvalue weighted by Crippen LogP contribution is -2.05. The van der Waals surface area contributed by atoms with Gasteiger partial charge in [0.05, 0.1) is 11.3 Å². The molecule has 0 fully saturated rings. The Morgan fingerprint density at radius 2 is 1.89 bits per heavy atom. The molecule has 1 aromatic heterocycles. The lowest BCUT2D eigenvalue weighted by Gasteiger charge is -2.08. The number of aromatic nitrogens is 3. The number of carbonyl (C=O) groups excluding carboxylic acids is 1. The summed E-state index contributed by atoms with van der Waals surface area (Å²) < 4.78 is 38.9. The number of hydrogen-bond donors (Lipinski definition) is 0. The van der Waals surface area contributed by atoms with Gasteiger partial charge >= 0.3 is 6.18 Å². The van der Waals surface area contributed by atoms with Crippen LogP contribution in [-0.2, 0) is 12.7 Å². The molecule has 0 bridgehead atoms. The molecule has 0 saturated heterocycles. The van der Waals surface area contributed by atoms with Crippen LogP contribution in [-0.4, -0.2) is 21.3 Å². The molecule has 0 unspecified atom stereocenters. The highest BCUT2D eigenvalue weighted by Crippen LogP contribution is 2.31. The van der Waals surface area contributed by atoms with Gasteiger partial charge in [-0.15, -0.1) is 5.10 Å². The van der Waals surface area contributed by atoms with E-state index < -0.39 is 11.7 Å². The first-order valence-electron chi connectivity index (χ1n) is 5.53. The van der Waals surface area contributed by atoms with E-state index in [4.69, 9.17) is 0 Å². The lowest BCUT2D eigenvalue weighted by atomic mass is 10.1. The van der Waals surface area contributed by atoms with Crippen molar-refractivity contribution in [1.82, 2.24) is 15.0 Å². The third-order valence-corrected chi connectivity index (χ3v) is 2.66. The molecule has 1 aromatic carbocycles. The van der Waals surface area contributed by atoms with Crippen molar-refractivity contribution in [3.05, 3.63) is 35.5 Å². The van der Waals surface area contributed by atoms with Crippen molar-refractivity contribution in [2.45, 2.75) is 19.6 Å². The second-order valence-corrected chi connectivity index (χ2v) is 3.83. The predicted octanol–water partition coefficient (Wildman–Crippen LogP) is 2.80. The maximum Gasteiger partial charge on any atom is 0.416 e. The van der Waals surface area contributed by atoms with E-state index in [2.05, 4.69) is 10.3 Å². The fourth-order valence-electron chi connectivity index (χ4n) is 1.74. The Labute approximate surface area is 106 Å². The Morgan fingerprint density at radius 3 is 2.37 bits per heavy atom. The fourth-order valence-corrected chi connectivity index (χ4v) is 1.74. The maximum atomic E-state index is 12.5. The van der Waals surface area contributed by atoms with Crippen LogP contribution >= 0.6 is 0 Å². The zero-order chi connectivity index (χ0) is 14.0. The number of halogens is 3. The first-order chi connectivity index (χ1) is 8.97. The van der Waals surface area contributed by atoms with Crippen LogP contribution in [0.4, 0.5) is 13.2 Å². The molecule has 7 heteroatoms. The minimum absolute atomic E-state index is 0.113. The van der Waals surface area contributed by atoms with E-state index in [-0.39, 0.29) is 5.69 Å². The molecule has 0 spiro atoms. The summed E-state index contributed by atoms with van der Waals surface area (Å²) in [6, 6.07) is 4.55. The van der Waals surface area contributed by atoms with E-state index in [0.717, 1.165) is 12.1 Å². The van der Waals surface area contributed by atoms with E-state index in [1.807, 2.05) is 0 Å². The topological polar surface area (TPSA) is 47.8 Å². The van der Waals surface area contributed by atoms with Crippen molar-refractivity contribution < 1.29 is 18.0 Å². The highest BCUT2D eigenvalue weighted by Gasteiger charge is 2.30. The summed E-state index contributed by atoms with van der Waals surface area (Å²) in [6.07, 6.45) is -3.85. The van der Waals surface area contributed by atoms with Crippen molar-refractivity contribution in [2.75, 3.05) is 0 Å². The Balaban J connectivity index is 2.48. The minimum atomic E-state index is -4.38. The van der Waals surface area contributed by atoms with Crippen LogP contribution in [0.1, 0.15) is 23.0 Å². The van der Waals surface area contributed by atoms with E-state index >= 15 is 0 Å². The summed E-state index contributed by atoms with van der Waals surface area (Å²) in [6.45, 7) is 2.27. The highest BCUT2D eigenvalue weighted by molar-refractivity contribution is 5.83. The lowest BCUT2D eigenvalue weighted by molar-refractivity contribution is -0.137. The van der Waals surface area contributed by atoms with E-state index in [1.165, 1.54) is 16.8 Å². The number of hydrogen-bond acceptors (Lipinski definition) is 3. The molecule has 0 atom stereocenters. The Kier molecular flexibility index (Phi) is 3.37. The first-order valence-corrected chi connectivity index (χ1v) is 5.53. The molecular formula is C12H10F3N3O. The van der Waals surface area contributed by atoms with Crippen LogP contribution in [0.3, 0.4) is 0 Å². The highest BCUT2D eigenvalue weighted by atomic mass is 19.4. The van der Waals surface area contributed by atoms with E-state index in [9.17, 15) is 18.0 Å². The minimum Gasteiger partial charge on any atom is -0.296 e. The third-order valence-electron chi connectivity index (χ3n) is 2.66. The van der Waals surface area contributed by atoms with Gasteiger partial charge in [0.25, 0.3) is 0 Å². The molecule has 0 aliphatic heterocycles. The van der Waals surface area contributed by atoms with Gasteiger partial charge in [-0.25, -0.2) is 4.68 Å². The molecular weight excluding hydrogens is 259 g/mol. The average molecular weight is 269 g/mol. The zero-order valence-electron chi connectivity index (χ0n) is 9.98. The van der Waals surface area contributed by atoms with E-state index in [0.29, 0.717) is 24.1 Å². The largest absolute Gasteiger partial charge is 0.416 e. The van der Waals surface area contributed by atoms with Crippen molar-refractivity contribution in [3.8, 4) is 11.3 Å². The summed E-state index contributed by atoms with van der Waals surface area (Å²) in [4.78, 5) is 10.9. The van der Waals surface area contributed by atoms with E-state index in [1.54, 1.807) is 6.92 Å². The van der Waals surface area contributed by atoms with Crippen LogP contribution in [0, 0.1) is 0 Å². The molecule has 0 N–H and O–H groups in total. The van der Waals surface area contributed by atoms with Crippen molar-refractivity contribution >= 4 is 6.29 Å². The van der Waals surface area contributed by atoms with Gasteiger partial charge in [-0.2, -0.15) is 13.2 Å². The van der Waals surface area contributed by atoms with Gasteiger partial charge in [-0.1, -0.05) is 17.3 Å². The molecule has 0 radical (unpaired) electrons. The first kappa shape index (κ1) is 13.3. The zero-order valence-corrected chi connectivity index (χ0v) is 9.98. The second kappa shape index (κ2) is 4.83. The normalized spacial score (nSPS) is 11.6. The molecule has 0 aliphatic rings. The van der Waals surface area contributed by atoms with Crippen LogP contribution in [0.5, 0.6) is 0 Å². The van der Waals surface area contributed by atoms with Crippen molar-refractivity contribution in [1.29, 1.82) is 0 Å². The number of aldehydes is 1. The molecule has 1 heterocycles. The maximum absolute atomic E-state index is 12.5. The summed E-state index contributed by atoms with van der Waals surface area (Å²) in [5.41, 5.74) is 0.272. The van der Waals surface area contributed by atoms with Gasteiger partial charge in [-0.05, 0) is 19.1 Å². The van der Waals surface area contributed by atoms with Crippen molar-refractivity contribution in [2.24, 2.45) is 0 Å². The fraction of sp³-hybridized carbons (Fsp3) is 0.250. The number of rotatable bonds is 3. The van der Waals surface area contributed by atoms with Gasteiger partial charge < -0.3 is 0 Å². The number of alkyl halides is 3. The molecule has 0 amide bonds. The standard InChI is InChI=1S/C12H10F3N3O/c1-2-18-11(10(7-19)16-17-18)8-3-5-9(6-4-8)12(13,14)15/h3-7H,2H2,1H3. The van der Waals surface area contributed by atoms with Crippen molar-refractivity contribution in [3.63, 3.8) is 0 Å². The molecule has 2 aromatic rings. The predicted molar refractivity (Wildman–Crippen MR) is 61.5 cm³/mol. The molecule has 4 nitrogen and oxygen atoms in total. The van der Waals surface area contributed by atoms with Crippen LogP contribution in [0.2, 0.25) is 0 Å². The molecule has 2 rings (SSSR count).